The number of thiophene rings is 1. The number of fused-ring (bicyclic) bond motifs is 1. The third-order valence-electron chi connectivity index (χ3n) is 5.60. The van der Waals surface area contributed by atoms with Gasteiger partial charge in [0.05, 0.1) is 18.3 Å². The molecule has 0 N–H and O–H groups in total. The number of nitrogens with zero attached hydrogens (tertiary/aromatic N) is 3. The number of halogens is 1. The smallest absolute Gasteiger partial charge is 0.263 e. The minimum absolute atomic E-state index is 0.0859. The van der Waals surface area contributed by atoms with Crippen LogP contribution in [0, 0.1) is 5.82 Å². The summed E-state index contributed by atoms with van der Waals surface area (Å²) < 4.78 is 14.6. The number of amides is 1. The molecule has 2 aromatic heterocycles. The number of carbonyl (C=O) groups is 2. The second-order valence-corrected chi connectivity index (χ2v) is 8.49. The van der Waals surface area contributed by atoms with Crippen molar-refractivity contribution < 1.29 is 14.0 Å². The highest BCUT2D eigenvalue weighted by Gasteiger charge is 2.22. The lowest BCUT2D eigenvalue weighted by atomic mass is 10.1. The van der Waals surface area contributed by atoms with Gasteiger partial charge in [-0.2, -0.15) is 0 Å². The Morgan fingerprint density at radius 1 is 1.06 bits per heavy atom. The number of carbonyl (C=O) groups excluding carboxylic acids is 2. The quantitative estimate of drug-likeness (QED) is 0.428. The average Bonchev–Trinajstić information content (AvgIpc) is 3.43. The van der Waals surface area contributed by atoms with Crippen LogP contribution in [0.15, 0.2) is 65.0 Å². The van der Waals surface area contributed by atoms with Crippen LogP contribution in [0.4, 0.5) is 10.1 Å². The molecule has 0 aliphatic carbocycles. The van der Waals surface area contributed by atoms with Crippen molar-refractivity contribution in [3.63, 3.8) is 0 Å². The van der Waals surface area contributed by atoms with Gasteiger partial charge < -0.3 is 4.90 Å². The molecular formula is C24H18FN3O3S. The number of hydrogen-bond acceptors (Lipinski definition) is 5. The molecule has 5 rings (SSSR count). The Morgan fingerprint density at radius 2 is 1.81 bits per heavy atom. The Kier molecular flexibility index (Phi) is 5.14. The summed E-state index contributed by atoms with van der Waals surface area (Å²) in [6.07, 6.45) is 2.76. The zero-order chi connectivity index (χ0) is 22.2. The minimum Gasteiger partial charge on any atom is -0.312 e. The Morgan fingerprint density at radius 3 is 2.50 bits per heavy atom. The first-order valence-electron chi connectivity index (χ1n) is 10.2. The molecule has 4 aromatic rings. The largest absolute Gasteiger partial charge is 0.312 e. The molecule has 0 spiro atoms. The van der Waals surface area contributed by atoms with Crippen LogP contribution in [0.5, 0.6) is 0 Å². The second kappa shape index (κ2) is 8.12. The highest BCUT2D eigenvalue weighted by molar-refractivity contribution is 7.17. The zero-order valence-electron chi connectivity index (χ0n) is 17.0. The summed E-state index contributed by atoms with van der Waals surface area (Å²) in [7, 11) is 0. The number of anilines is 1. The summed E-state index contributed by atoms with van der Waals surface area (Å²) in [4.78, 5) is 44.5. The number of hydrogen-bond donors (Lipinski definition) is 0. The maximum Gasteiger partial charge on any atom is 0.263 e. The molecule has 1 aliphatic rings. The number of Topliss-reactive ketones (excluding diaryl/α,β-unsaturated/α-hetero) is 1. The van der Waals surface area contributed by atoms with E-state index in [1.165, 1.54) is 34.4 Å². The summed E-state index contributed by atoms with van der Waals surface area (Å²) in [6, 6.07) is 12.8. The zero-order valence-corrected chi connectivity index (χ0v) is 17.8. The first-order valence-corrected chi connectivity index (χ1v) is 11.1. The van der Waals surface area contributed by atoms with Gasteiger partial charge in [0.2, 0.25) is 5.91 Å². The van der Waals surface area contributed by atoms with Crippen molar-refractivity contribution in [1.29, 1.82) is 0 Å². The molecule has 1 amide bonds. The van der Waals surface area contributed by atoms with Gasteiger partial charge in [0, 0.05) is 35.2 Å². The van der Waals surface area contributed by atoms with Crippen LogP contribution in [0.2, 0.25) is 0 Å². The molecule has 1 aliphatic heterocycles. The first-order chi connectivity index (χ1) is 15.5. The van der Waals surface area contributed by atoms with Crippen molar-refractivity contribution in [2.24, 2.45) is 0 Å². The van der Waals surface area contributed by atoms with E-state index in [0.717, 1.165) is 12.1 Å². The molecule has 160 valence electrons. The van der Waals surface area contributed by atoms with Gasteiger partial charge in [-0.3, -0.25) is 19.0 Å². The van der Waals surface area contributed by atoms with E-state index in [9.17, 15) is 18.8 Å². The number of benzene rings is 2. The second-order valence-electron chi connectivity index (χ2n) is 7.63. The van der Waals surface area contributed by atoms with E-state index in [4.69, 9.17) is 0 Å². The van der Waals surface area contributed by atoms with Crippen LogP contribution < -0.4 is 10.5 Å². The molecule has 1 saturated heterocycles. The molecule has 2 aromatic carbocycles. The monoisotopic (exact) mass is 447 g/mol. The average molecular weight is 447 g/mol. The van der Waals surface area contributed by atoms with Crippen molar-refractivity contribution in [1.82, 2.24) is 9.55 Å². The van der Waals surface area contributed by atoms with Gasteiger partial charge in [0.25, 0.3) is 5.56 Å². The minimum atomic E-state index is -0.352. The Labute approximate surface area is 186 Å². The number of rotatable bonds is 5. The number of ketones is 1. The molecule has 32 heavy (non-hydrogen) atoms. The molecule has 0 atom stereocenters. The van der Waals surface area contributed by atoms with Gasteiger partial charge in [0.15, 0.2) is 5.78 Å². The summed E-state index contributed by atoms with van der Waals surface area (Å²) in [6.45, 7) is 0.534. The summed E-state index contributed by atoms with van der Waals surface area (Å²) in [5.74, 6) is -0.497. The SMILES string of the molecule is O=C(Cn1cnc2scc(-c3ccc(F)cc3)c2c1=O)c1ccc(N2CCCC2=O)cc1. The van der Waals surface area contributed by atoms with E-state index in [0.29, 0.717) is 39.9 Å². The van der Waals surface area contributed by atoms with Gasteiger partial charge in [-0.1, -0.05) is 12.1 Å². The van der Waals surface area contributed by atoms with E-state index in [2.05, 4.69) is 4.98 Å². The van der Waals surface area contributed by atoms with Gasteiger partial charge >= 0.3 is 0 Å². The van der Waals surface area contributed by atoms with Crippen LogP contribution >= 0.6 is 11.3 Å². The topological polar surface area (TPSA) is 72.3 Å². The summed E-state index contributed by atoms with van der Waals surface area (Å²) in [5, 5.41) is 2.23. The third kappa shape index (κ3) is 3.62. The van der Waals surface area contributed by atoms with Crippen molar-refractivity contribution >= 4 is 38.9 Å². The highest BCUT2D eigenvalue weighted by atomic mass is 32.1. The summed E-state index contributed by atoms with van der Waals surface area (Å²) >= 11 is 1.33. The lowest BCUT2D eigenvalue weighted by Crippen LogP contribution is -2.25. The molecule has 0 saturated carbocycles. The predicted octanol–water partition coefficient (Wildman–Crippen LogP) is 4.27. The van der Waals surface area contributed by atoms with Crippen LogP contribution in [-0.4, -0.2) is 27.8 Å². The third-order valence-corrected chi connectivity index (χ3v) is 6.49. The van der Waals surface area contributed by atoms with Crippen molar-refractivity contribution in [2.45, 2.75) is 19.4 Å². The van der Waals surface area contributed by atoms with Crippen LogP contribution in [0.1, 0.15) is 23.2 Å². The predicted molar refractivity (Wildman–Crippen MR) is 122 cm³/mol. The van der Waals surface area contributed by atoms with Gasteiger partial charge in [-0.15, -0.1) is 11.3 Å². The molecule has 3 heterocycles. The van der Waals surface area contributed by atoms with Crippen LogP contribution in [0.25, 0.3) is 21.3 Å². The fourth-order valence-electron chi connectivity index (χ4n) is 3.92. The standard InChI is InChI=1S/C24H18FN3O3S/c25-17-7-3-15(4-8-17)19-13-32-23-22(19)24(31)27(14-26-23)12-20(29)16-5-9-18(10-6-16)28-11-1-2-21(28)30/h3-10,13-14H,1-2,11-12H2. The van der Waals surface area contributed by atoms with Crippen molar-refractivity contribution in [3.05, 3.63) is 82.0 Å². The van der Waals surface area contributed by atoms with E-state index in [1.54, 1.807) is 41.3 Å². The first kappa shape index (κ1) is 20.3. The molecule has 6 nitrogen and oxygen atoms in total. The van der Waals surface area contributed by atoms with Gasteiger partial charge in [0.1, 0.15) is 10.6 Å². The highest BCUT2D eigenvalue weighted by Crippen LogP contribution is 2.30. The maximum atomic E-state index is 13.3. The van der Waals surface area contributed by atoms with E-state index in [-0.39, 0.29) is 29.6 Å². The molecule has 0 radical (unpaired) electrons. The Balaban J connectivity index is 1.42. The fourth-order valence-corrected chi connectivity index (χ4v) is 4.82. The van der Waals surface area contributed by atoms with Crippen LogP contribution in [-0.2, 0) is 11.3 Å². The van der Waals surface area contributed by atoms with E-state index in [1.807, 2.05) is 5.38 Å². The van der Waals surface area contributed by atoms with E-state index >= 15 is 0 Å². The molecule has 0 bridgehead atoms. The molecule has 1 fully saturated rings. The van der Waals surface area contributed by atoms with Gasteiger partial charge in [-0.05, 0) is 48.4 Å². The van der Waals surface area contributed by atoms with Crippen molar-refractivity contribution in [3.8, 4) is 11.1 Å². The molecular weight excluding hydrogens is 429 g/mol. The Hall–Kier alpha value is -3.65. The fraction of sp³-hybridized carbons (Fsp3) is 0.167. The number of aromatic nitrogens is 2. The van der Waals surface area contributed by atoms with Gasteiger partial charge in [-0.25, -0.2) is 9.37 Å². The normalized spacial score (nSPS) is 13.8. The summed E-state index contributed by atoms with van der Waals surface area (Å²) in [5.41, 5.74) is 2.29. The van der Waals surface area contributed by atoms with Crippen molar-refractivity contribution in [2.75, 3.05) is 11.4 Å². The Bertz CT molecular complexity index is 1390. The molecule has 8 heteroatoms. The molecule has 0 unspecified atom stereocenters. The van der Waals surface area contributed by atoms with E-state index < -0.39 is 0 Å². The van der Waals surface area contributed by atoms with Crippen LogP contribution in [0.3, 0.4) is 0 Å². The lowest BCUT2D eigenvalue weighted by molar-refractivity contribution is -0.117. The lowest BCUT2D eigenvalue weighted by Gasteiger charge is -2.15. The maximum absolute atomic E-state index is 13.3.